The predicted octanol–water partition coefficient (Wildman–Crippen LogP) is 2.52. The normalized spacial score (nSPS) is 11.8. The third kappa shape index (κ3) is 3.08. The second-order valence-corrected chi connectivity index (χ2v) is 2.86. The summed E-state index contributed by atoms with van der Waals surface area (Å²) in [6, 6.07) is 3.86. The van der Waals surface area contributed by atoms with Gasteiger partial charge < -0.3 is 4.84 Å². The lowest BCUT2D eigenvalue weighted by molar-refractivity contribution is -0.137. The number of carbonyl (C=O) groups excluding carboxylic acids is 1. The van der Waals surface area contributed by atoms with Crippen LogP contribution in [0.25, 0.3) is 0 Å². The standard InChI is InChI=1S/C10H8F3NO2/c1-16-14-6-9(15)7-2-4-8(5-3-7)10(11,12)13/h2-6H,1H3. The van der Waals surface area contributed by atoms with E-state index in [0.717, 1.165) is 30.5 Å². The lowest BCUT2D eigenvalue weighted by atomic mass is 10.1. The van der Waals surface area contributed by atoms with Gasteiger partial charge in [-0.3, -0.25) is 4.79 Å². The molecule has 6 heteroatoms. The summed E-state index contributed by atoms with van der Waals surface area (Å²) in [5.74, 6) is -0.518. The molecule has 0 unspecified atom stereocenters. The molecular weight excluding hydrogens is 223 g/mol. The minimum absolute atomic E-state index is 0.119. The van der Waals surface area contributed by atoms with Gasteiger partial charge in [-0.1, -0.05) is 17.3 Å². The Kier molecular flexibility index (Phi) is 3.65. The third-order valence-corrected chi connectivity index (χ3v) is 1.77. The molecule has 0 aromatic heterocycles. The van der Waals surface area contributed by atoms with Crippen molar-refractivity contribution in [2.45, 2.75) is 6.18 Å². The van der Waals surface area contributed by atoms with Crippen molar-refractivity contribution in [3.8, 4) is 0 Å². The van der Waals surface area contributed by atoms with Crippen molar-refractivity contribution in [1.82, 2.24) is 0 Å². The van der Waals surface area contributed by atoms with E-state index in [0.29, 0.717) is 0 Å². The van der Waals surface area contributed by atoms with E-state index in [2.05, 4.69) is 9.99 Å². The lowest BCUT2D eigenvalue weighted by Crippen LogP contribution is -2.06. The van der Waals surface area contributed by atoms with Crippen molar-refractivity contribution in [1.29, 1.82) is 0 Å². The van der Waals surface area contributed by atoms with Crippen molar-refractivity contribution >= 4 is 12.0 Å². The highest BCUT2D eigenvalue weighted by Crippen LogP contribution is 2.28. The summed E-state index contributed by atoms with van der Waals surface area (Å²) in [6.45, 7) is 0. The number of rotatable bonds is 3. The van der Waals surface area contributed by atoms with Gasteiger partial charge in [-0.15, -0.1) is 0 Å². The van der Waals surface area contributed by atoms with Gasteiger partial charge in [0.1, 0.15) is 13.3 Å². The van der Waals surface area contributed by atoms with Crippen molar-refractivity contribution in [2.75, 3.05) is 7.11 Å². The van der Waals surface area contributed by atoms with Crippen LogP contribution >= 0.6 is 0 Å². The summed E-state index contributed by atoms with van der Waals surface area (Å²) in [5.41, 5.74) is -0.679. The molecule has 0 aliphatic rings. The number of Topliss-reactive ketones (excluding diaryl/α,β-unsaturated/α-hetero) is 1. The van der Waals surface area contributed by atoms with Gasteiger partial charge in [0.05, 0.1) is 5.56 Å². The van der Waals surface area contributed by atoms with Crippen LogP contribution in [0.1, 0.15) is 15.9 Å². The Morgan fingerprint density at radius 1 is 1.31 bits per heavy atom. The number of nitrogens with zero attached hydrogens (tertiary/aromatic N) is 1. The first-order valence-corrected chi connectivity index (χ1v) is 4.23. The van der Waals surface area contributed by atoms with Gasteiger partial charge in [0.25, 0.3) is 0 Å². The Morgan fingerprint density at radius 3 is 2.31 bits per heavy atom. The molecule has 1 aromatic carbocycles. The Labute approximate surface area is 89.5 Å². The molecule has 0 heterocycles. The SMILES string of the molecule is CON=CC(=O)c1ccc(C(F)(F)F)cc1. The molecule has 86 valence electrons. The van der Waals surface area contributed by atoms with Crippen molar-refractivity contribution in [3.05, 3.63) is 35.4 Å². The van der Waals surface area contributed by atoms with Gasteiger partial charge in [-0.05, 0) is 12.1 Å². The summed E-state index contributed by atoms with van der Waals surface area (Å²) in [7, 11) is 1.26. The molecule has 0 atom stereocenters. The van der Waals surface area contributed by atoms with Crippen LogP contribution in [0.3, 0.4) is 0 Å². The van der Waals surface area contributed by atoms with Crippen LogP contribution in [0.15, 0.2) is 29.4 Å². The highest BCUT2D eigenvalue weighted by atomic mass is 19.4. The highest BCUT2D eigenvalue weighted by Gasteiger charge is 2.30. The van der Waals surface area contributed by atoms with E-state index in [1.807, 2.05) is 0 Å². The van der Waals surface area contributed by atoms with E-state index in [1.165, 1.54) is 7.11 Å². The van der Waals surface area contributed by atoms with Crippen LogP contribution in [-0.4, -0.2) is 19.1 Å². The molecule has 0 aliphatic heterocycles. The number of halogens is 3. The van der Waals surface area contributed by atoms with E-state index in [9.17, 15) is 18.0 Å². The summed E-state index contributed by atoms with van der Waals surface area (Å²) >= 11 is 0. The third-order valence-electron chi connectivity index (χ3n) is 1.77. The summed E-state index contributed by atoms with van der Waals surface area (Å²) < 4.78 is 36.6. The molecule has 16 heavy (non-hydrogen) atoms. The molecule has 1 rings (SSSR count). The maximum atomic E-state index is 12.2. The van der Waals surface area contributed by atoms with Crippen LogP contribution < -0.4 is 0 Å². The Bertz CT molecular complexity index is 396. The van der Waals surface area contributed by atoms with Gasteiger partial charge in [0.15, 0.2) is 0 Å². The van der Waals surface area contributed by atoms with Crippen molar-refractivity contribution in [2.24, 2.45) is 5.16 Å². The van der Waals surface area contributed by atoms with E-state index in [-0.39, 0.29) is 5.56 Å². The number of hydrogen-bond acceptors (Lipinski definition) is 3. The topological polar surface area (TPSA) is 38.7 Å². The molecule has 0 aliphatic carbocycles. The molecule has 0 amide bonds. The van der Waals surface area contributed by atoms with Crippen LogP contribution in [0.5, 0.6) is 0 Å². The molecule has 0 saturated carbocycles. The maximum Gasteiger partial charge on any atom is 0.416 e. The second-order valence-electron chi connectivity index (χ2n) is 2.86. The minimum atomic E-state index is -4.40. The first-order chi connectivity index (χ1) is 7.45. The maximum absolute atomic E-state index is 12.2. The molecule has 0 spiro atoms. The molecule has 0 N–H and O–H groups in total. The average molecular weight is 231 g/mol. The number of benzene rings is 1. The average Bonchev–Trinajstić information content (AvgIpc) is 2.25. The Morgan fingerprint density at radius 2 is 1.88 bits per heavy atom. The van der Waals surface area contributed by atoms with Gasteiger partial charge in [0, 0.05) is 5.56 Å². The number of oxime groups is 1. The quantitative estimate of drug-likeness (QED) is 0.455. The van der Waals surface area contributed by atoms with Crippen LogP contribution in [0.2, 0.25) is 0 Å². The zero-order valence-electron chi connectivity index (χ0n) is 8.28. The van der Waals surface area contributed by atoms with Gasteiger partial charge >= 0.3 is 6.18 Å². The van der Waals surface area contributed by atoms with Gasteiger partial charge in [-0.2, -0.15) is 13.2 Å². The summed E-state index contributed by atoms with van der Waals surface area (Å²) in [4.78, 5) is 15.5. The summed E-state index contributed by atoms with van der Waals surface area (Å²) in [6.07, 6.45) is -3.51. The van der Waals surface area contributed by atoms with E-state index >= 15 is 0 Å². The fourth-order valence-corrected chi connectivity index (χ4v) is 0.999. The van der Waals surface area contributed by atoms with Crippen molar-refractivity contribution < 1.29 is 22.8 Å². The van der Waals surface area contributed by atoms with Crippen molar-refractivity contribution in [3.63, 3.8) is 0 Å². The summed E-state index contributed by atoms with van der Waals surface area (Å²) in [5, 5.41) is 3.22. The molecule has 3 nitrogen and oxygen atoms in total. The first-order valence-electron chi connectivity index (χ1n) is 4.23. The van der Waals surface area contributed by atoms with Crippen LogP contribution in [0, 0.1) is 0 Å². The first kappa shape index (κ1) is 12.2. The van der Waals surface area contributed by atoms with E-state index in [4.69, 9.17) is 0 Å². The Hall–Kier alpha value is -1.85. The number of hydrogen-bond donors (Lipinski definition) is 0. The minimum Gasteiger partial charge on any atom is -0.399 e. The predicted molar refractivity (Wildman–Crippen MR) is 51.3 cm³/mol. The molecule has 0 radical (unpaired) electrons. The lowest BCUT2D eigenvalue weighted by Gasteiger charge is -2.05. The second kappa shape index (κ2) is 4.78. The molecular formula is C10H8F3NO2. The molecule has 1 aromatic rings. The smallest absolute Gasteiger partial charge is 0.399 e. The zero-order chi connectivity index (χ0) is 12.2. The van der Waals surface area contributed by atoms with E-state index < -0.39 is 17.5 Å². The number of carbonyl (C=O) groups is 1. The van der Waals surface area contributed by atoms with Gasteiger partial charge in [0.2, 0.25) is 5.78 Å². The highest BCUT2D eigenvalue weighted by molar-refractivity contribution is 6.35. The molecule has 0 saturated heterocycles. The Balaban J connectivity index is 2.87. The fourth-order valence-electron chi connectivity index (χ4n) is 0.999. The van der Waals surface area contributed by atoms with Crippen LogP contribution in [-0.2, 0) is 11.0 Å². The molecule has 0 bridgehead atoms. The van der Waals surface area contributed by atoms with Gasteiger partial charge in [-0.25, -0.2) is 0 Å². The number of alkyl halides is 3. The van der Waals surface area contributed by atoms with E-state index in [1.54, 1.807) is 0 Å². The number of ketones is 1. The molecule has 0 fully saturated rings. The fraction of sp³-hybridized carbons (Fsp3) is 0.200. The zero-order valence-corrected chi connectivity index (χ0v) is 8.28. The monoisotopic (exact) mass is 231 g/mol. The largest absolute Gasteiger partial charge is 0.416 e. The van der Waals surface area contributed by atoms with Crippen LogP contribution in [0.4, 0.5) is 13.2 Å².